The van der Waals surface area contributed by atoms with E-state index in [1.165, 1.54) is 27.8 Å². The maximum Gasteiger partial charge on any atom is 0.122 e. The third-order valence-corrected chi connectivity index (χ3v) is 4.25. The second-order valence-electron chi connectivity index (χ2n) is 6.15. The number of aryl methyl sites for hydroxylation is 4. The first kappa shape index (κ1) is 16.6. The smallest absolute Gasteiger partial charge is 0.122 e. The maximum absolute atomic E-state index is 6.03. The highest BCUT2D eigenvalue weighted by molar-refractivity contribution is 5.40. The Kier molecular flexibility index (Phi) is 5.62. The molecule has 0 aliphatic heterocycles. The van der Waals surface area contributed by atoms with Gasteiger partial charge in [0, 0.05) is 0 Å². The molecule has 1 unspecified atom stereocenters. The van der Waals surface area contributed by atoms with Gasteiger partial charge in [0.25, 0.3) is 0 Å². The average Bonchev–Trinajstić information content (AvgIpc) is 2.46. The summed E-state index contributed by atoms with van der Waals surface area (Å²) in [5.74, 6) is 1.32. The van der Waals surface area contributed by atoms with Gasteiger partial charge in [0.1, 0.15) is 5.75 Å². The van der Waals surface area contributed by atoms with E-state index in [4.69, 9.17) is 10.5 Å². The molecule has 2 aromatic carbocycles. The van der Waals surface area contributed by atoms with Crippen LogP contribution in [0.1, 0.15) is 40.2 Å². The summed E-state index contributed by atoms with van der Waals surface area (Å²) in [7, 11) is 0. The van der Waals surface area contributed by atoms with Gasteiger partial charge in [0.05, 0.1) is 6.61 Å². The minimum absolute atomic E-state index is 0.351. The van der Waals surface area contributed by atoms with Gasteiger partial charge in [-0.25, -0.2) is 0 Å². The zero-order valence-electron chi connectivity index (χ0n) is 14.1. The van der Waals surface area contributed by atoms with Crippen molar-refractivity contribution in [3.05, 3.63) is 64.2 Å². The van der Waals surface area contributed by atoms with E-state index in [1.54, 1.807) is 0 Å². The molecule has 2 N–H and O–H groups in total. The second-order valence-corrected chi connectivity index (χ2v) is 6.15. The molecule has 0 amide bonds. The zero-order valence-corrected chi connectivity index (χ0v) is 14.1. The Morgan fingerprint density at radius 3 is 2.18 bits per heavy atom. The molecule has 0 aliphatic rings. The fraction of sp³-hybridized carbons (Fsp3) is 0.400. The van der Waals surface area contributed by atoms with E-state index in [-0.39, 0.29) is 0 Å². The lowest BCUT2D eigenvalue weighted by molar-refractivity contribution is 0.296. The topological polar surface area (TPSA) is 35.2 Å². The minimum atomic E-state index is 0.351. The van der Waals surface area contributed by atoms with E-state index in [0.29, 0.717) is 19.1 Å². The lowest BCUT2D eigenvalue weighted by Crippen LogP contribution is -2.18. The van der Waals surface area contributed by atoms with Crippen molar-refractivity contribution in [2.45, 2.75) is 40.0 Å². The molecule has 2 nitrogen and oxygen atoms in total. The first-order valence-electron chi connectivity index (χ1n) is 7.99. The van der Waals surface area contributed by atoms with Crippen molar-refractivity contribution in [3.63, 3.8) is 0 Å². The van der Waals surface area contributed by atoms with Gasteiger partial charge in [-0.05, 0) is 74.9 Å². The van der Waals surface area contributed by atoms with Crippen LogP contribution in [0.15, 0.2) is 36.4 Å². The number of rotatable bonds is 6. The van der Waals surface area contributed by atoms with Crippen LogP contribution in [0.3, 0.4) is 0 Å². The van der Waals surface area contributed by atoms with Crippen molar-refractivity contribution in [1.29, 1.82) is 0 Å². The van der Waals surface area contributed by atoms with Gasteiger partial charge >= 0.3 is 0 Å². The SMILES string of the molecule is Cc1cc(C)c(C(CN)CCOc2ccccc2C)c(C)c1. The Bertz CT molecular complexity index is 610. The highest BCUT2D eigenvalue weighted by Crippen LogP contribution is 2.27. The molecule has 0 aliphatic carbocycles. The zero-order chi connectivity index (χ0) is 16.1. The molecule has 0 bridgehead atoms. The molecule has 2 aromatic rings. The Hall–Kier alpha value is -1.80. The Balaban J connectivity index is 2.06. The minimum Gasteiger partial charge on any atom is -0.493 e. The monoisotopic (exact) mass is 297 g/mol. The normalized spacial score (nSPS) is 12.2. The summed E-state index contributed by atoms with van der Waals surface area (Å²) in [5.41, 5.74) is 12.6. The number of benzene rings is 2. The van der Waals surface area contributed by atoms with Crippen molar-refractivity contribution in [2.75, 3.05) is 13.2 Å². The van der Waals surface area contributed by atoms with Gasteiger partial charge in [-0.2, -0.15) is 0 Å². The van der Waals surface area contributed by atoms with Crippen molar-refractivity contribution in [2.24, 2.45) is 5.73 Å². The van der Waals surface area contributed by atoms with Gasteiger partial charge in [-0.15, -0.1) is 0 Å². The lowest BCUT2D eigenvalue weighted by Gasteiger charge is -2.21. The fourth-order valence-corrected chi connectivity index (χ4v) is 3.24. The quantitative estimate of drug-likeness (QED) is 0.856. The third kappa shape index (κ3) is 3.89. The number of para-hydroxylation sites is 1. The first-order valence-corrected chi connectivity index (χ1v) is 7.99. The van der Waals surface area contributed by atoms with E-state index in [1.807, 2.05) is 18.2 Å². The molecular formula is C20H27NO. The average molecular weight is 297 g/mol. The van der Waals surface area contributed by atoms with E-state index in [2.05, 4.69) is 45.9 Å². The second kappa shape index (κ2) is 7.46. The summed E-state index contributed by atoms with van der Waals surface area (Å²) >= 11 is 0. The van der Waals surface area contributed by atoms with Crippen LogP contribution in [-0.2, 0) is 0 Å². The van der Waals surface area contributed by atoms with Crippen LogP contribution >= 0.6 is 0 Å². The maximum atomic E-state index is 6.03. The Morgan fingerprint density at radius 2 is 1.59 bits per heavy atom. The number of hydrogen-bond acceptors (Lipinski definition) is 2. The van der Waals surface area contributed by atoms with E-state index in [0.717, 1.165) is 12.2 Å². The standard InChI is InChI=1S/C20H27NO/c1-14-11-16(3)20(17(4)12-14)18(13-21)9-10-22-19-8-6-5-7-15(19)2/h5-8,11-12,18H,9-10,13,21H2,1-4H3. The summed E-state index contributed by atoms with van der Waals surface area (Å²) in [5, 5.41) is 0. The van der Waals surface area contributed by atoms with Crippen LogP contribution in [-0.4, -0.2) is 13.2 Å². The summed E-state index contributed by atoms with van der Waals surface area (Å²) in [6.07, 6.45) is 0.940. The summed E-state index contributed by atoms with van der Waals surface area (Å²) in [6, 6.07) is 12.6. The Labute approximate surface area is 134 Å². The molecule has 0 aromatic heterocycles. The molecule has 0 heterocycles. The van der Waals surface area contributed by atoms with Crippen LogP contribution in [0.2, 0.25) is 0 Å². The molecule has 0 fully saturated rings. The molecule has 118 valence electrons. The largest absolute Gasteiger partial charge is 0.493 e. The van der Waals surface area contributed by atoms with Crippen LogP contribution < -0.4 is 10.5 Å². The van der Waals surface area contributed by atoms with Gasteiger partial charge in [-0.3, -0.25) is 0 Å². The van der Waals surface area contributed by atoms with Gasteiger partial charge in [0.2, 0.25) is 0 Å². The number of hydrogen-bond donors (Lipinski definition) is 1. The highest BCUT2D eigenvalue weighted by Gasteiger charge is 2.15. The van der Waals surface area contributed by atoms with Gasteiger partial charge in [0.15, 0.2) is 0 Å². The van der Waals surface area contributed by atoms with E-state index >= 15 is 0 Å². The molecule has 0 saturated carbocycles. The molecule has 22 heavy (non-hydrogen) atoms. The van der Waals surface area contributed by atoms with Gasteiger partial charge in [-0.1, -0.05) is 35.9 Å². The van der Waals surface area contributed by atoms with Crippen molar-refractivity contribution in [3.8, 4) is 5.75 Å². The van der Waals surface area contributed by atoms with Crippen LogP contribution in [0.4, 0.5) is 0 Å². The van der Waals surface area contributed by atoms with Gasteiger partial charge < -0.3 is 10.5 Å². The molecule has 0 radical (unpaired) electrons. The highest BCUT2D eigenvalue weighted by atomic mass is 16.5. The van der Waals surface area contributed by atoms with Crippen molar-refractivity contribution in [1.82, 2.24) is 0 Å². The molecule has 0 saturated heterocycles. The molecule has 0 spiro atoms. The fourth-order valence-electron chi connectivity index (χ4n) is 3.24. The molecular weight excluding hydrogens is 270 g/mol. The molecule has 2 heteroatoms. The summed E-state index contributed by atoms with van der Waals surface area (Å²) in [4.78, 5) is 0. The molecule has 1 atom stereocenters. The van der Waals surface area contributed by atoms with Crippen molar-refractivity contribution >= 4 is 0 Å². The Morgan fingerprint density at radius 1 is 0.955 bits per heavy atom. The molecule has 2 rings (SSSR count). The predicted molar refractivity (Wildman–Crippen MR) is 93.7 cm³/mol. The van der Waals surface area contributed by atoms with Crippen LogP contribution in [0, 0.1) is 27.7 Å². The lowest BCUT2D eigenvalue weighted by atomic mass is 9.87. The van der Waals surface area contributed by atoms with E-state index in [9.17, 15) is 0 Å². The summed E-state index contributed by atoms with van der Waals surface area (Å²) in [6.45, 7) is 9.92. The first-order chi connectivity index (χ1) is 10.5. The predicted octanol–water partition coefficient (Wildman–Crippen LogP) is 4.43. The van der Waals surface area contributed by atoms with Crippen LogP contribution in [0.25, 0.3) is 0 Å². The van der Waals surface area contributed by atoms with E-state index < -0.39 is 0 Å². The third-order valence-electron chi connectivity index (χ3n) is 4.25. The number of ether oxygens (including phenoxy) is 1. The summed E-state index contributed by atoms with van der Waals surface area (Å²) < 4.78 is 5.94. The van der Waals surface area contributed by atoms with Crippen molar-refractivity contribution < 1.29 is 4.74 Å². The number of nitrogens with two attached hydrogens (primary N) is 1. The van der Waals surface area contributed by atoms with Crippen LogP contribution in [0.5, 0.6) is 5.75 Å².